The molecule has 1 amide bonds. The molecule has 0 aliphatic heterocycles. The molecule has 1 aromatic heterocycles. The van der Waals surface area contributed by atoms with Crippen molar-refractivity contribution >= 4 is 23.2 Å². The normalized spacial score (nSPS) is 10.7. The second-order valence-corrected chi connectivity index (χ2v) is 5.66. The molecule has 140 valence electrons. The summed E-state index contributed by atoms with van der Waals surface area (Å²) in [6, 6.07) is 12.5. The van der Waals surface area contributed by atoms with Crippen LogP contribution in [0.2, 0.25) is 5.02 Å². The summed E-state index contributed by atoms with van der Waals surface area (Å²) in [6.45, 7) is -3.03. The minimum Gasteiger partial charge on any atom is -0.493 e. The van der Waals surface area contributed by atoms with Crippen molar-refractivity contribution in [3.05, 3.63) is 59.2 Å². The van der Waals surface area contributed by atoms with Crippen molar-refractivity contribution in [2.45, 2.75) is 6.61 Å². The van der Waals surface area contributed by atoms with Crippen LogP contribution in [0.15, 0.2) is 53.1 Å². The Morgan fingerprint density at radius 1 is 1.19 bits per heavy atom. The first kappa shape index (κ1) is 18.7. The Labute approximate surface area is 157 Å². The van der Waals surface area contributed by atoms with Crippen LogP contribution in [-0.2, 0) is 0 Å². The fraction of sp³-hybridized carbons (Fsp3) is 0.111. The van der Waals surface area contributed by atoms with Crippen LogP contribution in [0, 0.1) is 0 Å². The monoisotopic (exact) mass is 394 g/mol. The molecule has 0 unspecified atom stereocenters. The van der Waals surface area contributed by atoms with Crippen molar-refractivity contribution in [1.29, 1.82) is 0 Å². The maximum atomic E-state index is 12.5. The number of rotatable bonds is 6. The molecule has 0 atom stereocenters. The molecule has 9 heteroatoms. The SMILES string of the molecule is COc1ccc(NC(=O)c2cc(-c3ccccc3Cl)on2)cc1OC(F)F. The molecular formula is C18H13ClF2N2O4. The lowest BCUT2D eigenvalue weighted by molar-refractivity contribution is -0.0511. The molecule has 3 rings (SSSR count). The van der Waals surface area contributed by atoms with Crippen molar-refractivity contribution in [1.82, 2.24) is 5.16 Å². The van der Waals surface area contributed by atoms with Crippen molar-refractivity contribution in [3.8, 4) is 22.8 Å². The highest BCUT2D eigenvalue weighted by molar-refractivity contribution is 6.33. The first-order valence-electron chi connectivity index (χ1n) is 7.63. The fourth-order valence-corrected chi connectivity index (χ4v) is 2.54. The summed E-state index contributed by atoms with van der Waals surface area (Å²) in [7, 11) is 1.32. The van der Waals surface area contributed by atoms with Gasteiger partial charge in [-0.15, -0.1) is 0 Å². The smallest absolute Gasteiger partial charge is 0.387 e. The summed E-state index contributed by atoms with van der Waals surface area (Å²) in [5, 5.41) is 6.69. The number of nitrogens with one attached hydrogen (secondary N) is 1. The zero-order valence-corrected chi connectivity index (χ0v) is 14.7. The van der Waals surface area contributed by atoms with Gasteiger partial charge >= 0.3 is 6.61 Å². The van der Waals surface area contributed by atoms with E-state index in [0.717, 1.165) is 0 Å². The predicted molar refractivity (Wildman–Crippen MR) is 94.5 cm³/mol. The summed E-state index contributed by atoms with van der Waals surface area (Å²) >= 11 is 6.09. The zero-order chi connectivity index (χ0) is 19.4. The summed E-state index contributed by atoms with van der Waals surface area (Å²) in [5.74, 6) is -0.370. The first-order valence-corrected chi connectivity index (χ1v) is 8.01. The Bertz CT molecular complexity index is 962. The Morgan fingerprint density at radius 2 is 1.96 bits per heavy atom. The van der Waals surface area contributed by atoms with E-state index in [1.54, 1.807) is 24.3 Å². The van der Waals surface area contributed by atoms with Gasteiger partial charge in [-0.25, -0.2) is 0 Å². The van der Waals surface area contributed by atoms with Crippen LogP contribution >= 0.6 is 11.6 Å². The van der Waals surface area contributed by atoms with E-state index in [1.165, 1.54) is 31.4 Å². The molecule has 27 heavy (non-hydrogen) atoms. The van der Waals surface area contributed by atoms with Crippen LogP contribution in [0.1, 0.15) is 10.5 Å². The summed E-state index contributed by atoms with van der Waals surface area (Å²) in [6.07, 6.45) is 0. The van der Waals surface area contributed by atoms with Crippen molar-refractivity contribution in [2.75, 3.05) is 12.4 Å². The highest BCUT2D eigenvalue weighted by atomic mass is 35.5. The number of anilines is 1. The van der Waals surface area contributed by atoms with E-state index in [1.807, 2.05) is 0 Å². The average molecular weight is 395 g/mol. The van der Waals surface area contributed by atoms with Gasteiger partial charge in [0.2, 0.25) is 0 Å². The van der Waals surface area contributed by atoms with E-state index in [-0.39, 0.29) is 22.9 Å². The van der Waals surface area contributed by atoms with Gasteiger partial charge in [-0.1, -0.05) is 28.9 Å². The third-order valence-electron chi connectivity index (χ3n) is 3.52. The molecular weight excluding hydrogens is 382 g/mol. The number of alkyl halides is 2. The molecule has 6 nitrogen and oxygen atoms in total. The van der Waals surface area contributed by atoms with E-state index in [9.17, 15) is 13.6 Å². The number of methoxy groups -OCH3 is 1. The Balaban J connectivity index is 1.79. The number of hydrogen-bond acceptors (Lipinski definition) is 5. The average Bonchev–Trinajstić information content (AvgIpc) is 3.12. The highest BCUT2D eigenvalue weighted by Crippen LogP contribution is 2.32. The molecule has 1 N–H and O–H groups in total. The largest absolute Gasteiger partial charge is 0.493 e. The molecule has 0 radical (unpaired) electrons. The van der Waals surface area contributed by atoms with Gasteiger partial charge in [0.1, 0.15) is 0 Å². The van der Waals surface area contributed by atoms with Crippen LogP contribution in [0.25, 0.3) is 11.3 Å². The molecule has 3 aromatic rings. The lowest BCUT2D eigenvalue weighted by atomic mass is 10.1. The Kier molecular flexibility index (Phi) is 5.56. The van der Waals surface area contributed by atoms with Crippen molar-refractivity contribution < 1.29 is 27.6 Å². The summed E-state index contributed by atoms with van der Waals surface area (Å²) in [5.41, 5.74) is 0.804. The van der Waals surface area contributed by atoms with Gasteiger partial charge in [-0.05, 0) is 24.3 Å². The number of ether oxygens (including phenoxy) is 2. The van der Waals surface area contributed by atoms with E-state index in [0.29, 0.717) is 16.3 Å². The minimum absolute atomic E-state index is 0.00272. The summed E-state index contributed by atoms with van der Waals surface area (Å²) < 4.78 is 39.5. The summed E-state index contributed by atoms with van der Waals surface area (Å²) in [4.78, 5) is 12.3. The molecule has 0 bridgehead atoms. The topological polar surface area (TPSA) is 73.6 Å². The number of halogens is 3. The van der Waals surface area contributed by atoms with E-state index in [2.05, 4.69) is 15.2 Å². The quantitative estimate of drug-likeness (QED) is 0.646. The molecule has 0 fully saturated rings. The van der Waals surface area contributed by atoms with Crippen LogP contribution in [0.4, 0.5) is 14.5 Å². The molecule has 0 saturated heterocycles. The molecule has 0 aliphatic carbocycles. The van der Waals surface area contributed by atoms with Crippen LogP contribution in [0.3, 0.4) is 0 Å². The molecule has 0 saturated carbocycles. The second kappa shape index (κ2) is 8.05. The number of aromatic nitrogens is 1. The van der Waals surface area contributed by atoms with Crippen molar-refractivity contribution in [2.24, 2.45) is 0 Å². The lowest BCUT2D eigenvalue weighted by Gasteiger charge is -2.11. The van der Waals surface area contributed by atoms with Gasteiger partial charge in [0.05, 0.1) is 12.1 Å². The predicted octanol–water partition coefficient (Wildman–Crippen LogP) is 4.86. The van der Waals surface area contributed by atoms with Gasteiger partial charge in [0.15, 0.2) is 23.0 Å². The Morgan fingerprint density at radius 3 is 2.67 bits per heavy atom. The maximum Gasteiger partial charge on any atom is 0.387 e. The lowest BCUT2D eigenvalue weighted by Crippen LogP contribution is -2.12. The minimum atomic E-state index is -3.03. The van der Waals surface area contributed by atoms with Gasteiger partial charge < -0.3 is 19.3 Å². The number of hydrogen-bond donors (Lipinski definition) is 1. The second-order valence-electron chi connectivity index (χ2n) is 5.25. The zero-order valence-electron chi connectivity index (χ0n) is 13.9. The first-order chi connectivity index (χ1) is 13.0. The Hall–Kier alpha value is -3.13. The van der Waals surface area contributed by atoms with Gasteiger partial charge in [0.25, 0.3) is 5.91 Å². The number of benzene rings is 2. The fourth-order valence-electron chi connectivity index (χ4n) is 2.31. The van der Waals surface area contributed by atoms with Crippen LogP contribution < -0.4 is 14.8 Å². The third kappa shape index (κ3) is 4.35. The van der Waals surface area contributed by atoms with E-state index >= 15 is 0 Å². The number of carbonyl (C=O) groups excluding carboxylic acids is 1. The standard InChI is InChI=1S/C18H13ClF2N2O4/c1-25-14-7-6-10(8-16(14)26-18(20)21)22-17(24)13-9-15(27-23-13)11-4-2-3-5-12(11)19/h2-9,18H,1H3,(H,22,24). The van der Waals surface area contributed by atoms with Crippen LogP contribution in [0.5, 0.6) is 11.5 Å². The van der Waals surface area contributed by atoms with Gasteiger partial charge in [-0.2, -0.15) is 8.78 Å². The third-order valence-corrected chi connectivity index (χ3v) is 3.85. The van der Waals surface area contributed by atoms with Crippen molar-refractivity contribution in [3.63, 3.8) is 0 Å². The van der Waals surface area contributed by atoms with Gasteiger partial charge in [-0.3, -0.25) is 4.79 Å². The molecule has 1 heterocycles. The van der Waals surface area contributed by atoms with E-state index < -0.39 is 12.5 Å². The number of nitrogens with zero attached hydrogens (tertiary/aromatic N) is 1. The molecule has 0 aliphatic rings. The number of amides is 1. The van der Waals surface area contributed by atoms with Crippen LogP contribution in [-0.4, -0.2) is 24.8 Å². The molecule has 2 aromatic carbocycles. The van der Waals surface area contributed by atoms with Gasteiger partial charge in [0, 0.05) is 23.4 Å². The highest BCUT2D eigenvalue weighted by Gasteiger charge is 2.17. The maximum absolute atomic E-state index is 12.5. The molecule has 0 spiro atoms. The number of carbonyl (C=O) groups is 1. The van der Waals surface area contributed by atoms with E-state index in [4.69, 9.17) is 20.9 Å².